The van der Waals surface area contributed by atoms with Gasteiger partial charge < -0.3 is 9.80 Å². The molecule has 2 aromatic rings. The van der Waals surface area contributed by atoms with Crippen molar-refractivity contribution < 1.29 is 9.59 Å². The summed E-state index contributed by atoms with van der Waals surface area (Å²) >= 11 is 0. The Hall–Kier alpha value is -2.62. The van der Waals surface area contributed by atoms with E-state index in [0.717, 1.165) is 31.6 Å². The summed E-state index contributed by atoms with van der Waals surface area (Å²) in [6.45, 7) is 8.39. The van der Waals surface area contributed by atoms with Gasteiger partial charge in [-0.3, -0.25) is 9.59 Å². The molecule has 0 saturated carbocycles. The highest BCUT2D eigenvalue weighted by molar-refractivity contribution is 6.06. The number of anilines is 1. The van der Waals surface area contributed by atoms with Gasteiger partial charge in [0.05, 0.1) is 0 Å². The largest absolute Gasteiger partial charge is 0.338 e. The van der Waals surface area contributed by atoms with E-state index in [4.69, 9.17) is 0 Å². The summed E-state index contributed by atoms with van der Waals surface area (Å²) in [6.07, 6.45) is 2.16. The first-order valence-electron chi connectivity index (χ1n) is 9.99. The average Bonchev–Trinajstić information content (AvgIpc) is 2.83. The molecule has 3 rings (SSSR count). The van der Waals surface area contributed by atoms with E-state index in [1.54, 1.807) is 24.1 Å². The van der Waals surface area contributed by atoms with Crippen molar-refractivity contribution in [2.45, 2.75) is 33.6 Å². The van der Waals surface area contributed by atoms with Crippen LogP contribution in [0.3, 0.4) is 0 Å². The first kappa shape index (κ1) is 20.1. The van der Waals surface area contributed by atoms with Crippen molar-refractivity contribution in [2.75, 3.05) is 25.0 Å². The summed E-state index contributed by atoms with van der Waals surface area (Å²) in [5.74, 6) is 0.506. The molecular weight excluding hydrogens is 348 g/mol. The molecule has 0 spiro atoms. The third-order valence-corrected chi connectivity index (χ3v) is 5.61. The van der Waals surface area contributed by atoms with Crippen molar-refractivity contribution in [1.82, 2.24) is 4.90 Å². The summed E-state index contributed by atoms with van der Waals surface area (Å²) < 4.78 is 0. The number of nitrogens with zero attached hydrogens (tertiary/aromatic N) is 2. The number of rotatable bonds is 3. The Morgan fingerprint density at radius 1 is 1.00 bits per heavy atom. The normalized spacial score (nSPS) is 19.0. The molecule has 28 heavy (non-hydrogen) atoms. The van der Waals surface area contributed by atoms with Gasteiger partial charge >= 0.3 is 0 Å². The molecule has 0 radical (unpaired) electrons. The molecule has 1 heterocycles. The van der Waals surface area contributed by atoms with Gasteiger partial charge in [-0.05, 0) is 60.6 Å². The topological polar surface area (TPSA) is 40.6 Å². The molecular formula is C24H30N2O2. The van der Waals surface area contributed by atoms with Crippen LogP contribution in [0.5, 0.6) is 0 Å². The predicted molar refractivity (Wildman–Crippen MR) is 114 cm³/mol. The van der Waals surface area contributed by atoms with Crippen LogP contribution in [0.4, 0.5) is 5.69 Å². The number of carbonyl (C=O) groups is 2. The highest BCUT2D eigenvalue weighted by Crippen LogP contribution is 2.33. The molecule has 0 aliphatic carbocycles. The Morgan fingerprint density at radius 2 is 1.64 bits per heavy atom. The zero-order valence-corrected chi connectivity index (χ0v) is 17.3. The van der Waals surface area contributed by atoms with Crippen molar-refractivity contribution in [3.8, 4) is 0 Å². The lowest BCUT2D eigenvalue weighted by Crippen LogP contribution is -2.34. The second-order valence-corrected chi connectivity index (χ2v) is 8.75. The maximum Gasteiger partial charge on any atom is 0.258 e. The second-order valence-electron chi connectivity index (χ2n) is 8.75. The summed E-state index contributed by atoms with van der Waals surface area (Å²) in [5.41, 5.74) is 2.37. The maximum absolute atomic E-state index is 13.0. The minimum Gasteiger partial charge on any atom is -0.338 e. The van der Waals surface area contributed by atoms with Crippen LogP contribution in [0.25, 0.3) is 0 Å². The molecule has 1 fully saturated rings. The van der Waals surface area contributed by atoms with Crippen LogP contribution < -0.4 is 4.90 Å². The van der Waals surface area contributed by atoms with Crippen molar-refractivity contribution in [3.05, 3.63) is 65.7 Å². The van der Waals surface area contributed by atoms with Gasteiger partial charge in [-0.15, -0.1) is 0 Å². The van der Waals surface area contributed by atoms with Gasteiger partial charge in [0.15, 0.2) is 0 Å². The third-order valence-electron chi connectivity index (χ3n) is 5.61. The Morgan fingerprint density at radius 3 is 2.29 bits per heavy atom. The Balaban J connectivity index is 1.71. The lowest BCUT2D eigenvalue weighted by atomic mass is 9.82. The predicted octanol–water partition coefficient (Wildman–Crippen LogP) is 4.86. The van der Waals surface area contributed by atoms with Crippen LogP contribution in [0.15, 0.2) is 54.6 Å². The van der Waals surface area contributed by atoms with Crippen molar-refractivity contribution in [3.63, 3.8) is 0 Å². The third kappa shape index (κ3) is 4.61. The van der Waals surface area contributed by atoms with Gasteiger partial charge in [0.25, 0.3) is 11.8 Å². The lowest BCUT2D eigenvalue weighted by molar-refractivity contribution is 0.0743. The molecule has 1 saturated heterocycles. The number of hydrogen-bond donors (Lipinski definition) is 0. The first-order valence-corrected chi connectivity index (χ1v) is 9.99. The molecule has 1 aliphatic rings. The highest BCUT2D eigenvalue weighted by Gasteiger charge is 2.29. The van der Waals surface area contributed by atoms with E-state index in [0.29, 0.717) is 17.0 Å². The molecule has 1 aliphatic heterocycles. The monoisotopic (exact) mass is 378 g/mol. The molecule has 148 valence electrons. The van der Waals surface area contributed by atoms with E-state index >= 15 is 0 Å². The van der Waals surface area contributed by atoms with Crippen LogP contribution >= 0.6 is 0 Å². The quantitative estimate of drug-likeness (QED) is 0.765. The van der Waals surface area contributed by atoms with E-state index in [1.807, 2.05) is 47.4 Å². The molecule has 1 atom stereocenters. The van der Waals surface area contributed by atoms with Gasteiger partial charge in [-0.2, -0.15) is 0 Å². The molecule has 1 unspecified atom stereocenters. The van der Waals surface area contributed by atoms with Crippen molar-refractivity contribution in [1.29, 1.82) is 0 Å². The molecule has 0 aromatic heterocycles. The van der Waals surface area contributed by atoms with Gasteiger partial charge in [-0.1, -0.05) is 39.0 Å². The van der Waals surface area contributed by atoms with Crippen LogP contribution in [-0.2, 0) is 0 Å². The summed E-state index contributed by atoms with van der Waals surface area (Å²) in [7, 11) is 1.75. The maximum atomic E-state index is 13.0. The number of hydrogen-bond acceptors (Lipinski definition) is 2. The smallest absolute Gasteiger partial charge is 0.258 e. The summed E-state index contributed by atoms with van der Waals surface area (Å²) in [4.78, 5) is 29.2. The SMILES string of the molecule is CC1CN(C(=O)c2ccc(N(C)C(=O)c3ccccc3)cc2)CCC(C)(C)C1. The van der Waals surface area contributed by atoms with Crippen molar-refractivity contribution in [2.24, 2.45) is 11.3 Å². The molecule has 4 heteroatoms. The summed E-state index contributed by atoms with van der Waals surface area (Å²) in [5, 5.41) is 0. The first-order chi connectivity index (χ1) is 13.3. The lowest BCUT2D eigenvalue weighted by Gasteiger charge is -2.23. The zero-order chi connectivity index (χ0) is 20.3. The number of likely N-dealkylation sites (tertiary alicyclic amines) is 1. The molecule has 2 amide bonds. The van der Waals surface area contributed by atoms with E-state index in [1.165, 1.54) is 0 Å². The van der Waals surface area contributed by atoms with Gasteiger partial charge in [0.1, 0.15) is 0 Å². The fourth-order valence-corrected chi connectivity index (χ4v) is 4.10. The minimum atomic E-state index is -0.0664. The fraction of sp³-hybridized carbons (Fsp3) is 0.417. The molecule has 2 aromatic carbocycles. The number of benzene rings is 2. The average molecular weight is 379 g/mol. The fourth-order valence-electron chi connectivity index (χ4n) is 4.10. The Kier molecular flexibility index (Phi) is 5.87. The van der Waals surface area contributed by atoms with Crippen LogP contribution in [0.1, 0.15) is 54.3 Å². The Bertz CT molecular complexity index is 827. The van der Waals surface area contributed by atoms with Crippen LogP contribution in [-0.4, -0.2) is 36.9 Å². The number of amides is 2. The van der Waals surface area contributed by atoms with E-state index in [2.05, 4.69) is 20.8 Å². The van der Waals surface area contributed by atoms with Gasteiger partial charge in [0, 0.05) is 37.0 Å². The molecule has 4 nitrogen and oxygen atoms in total. The van der Waals surface area contributed by atoms with Gasteiger partial charge in [0.2, 0.25) is 0 Å². The molecule has 0 bridgehead atoms. The zero-order valence-electron chi connectivity index (χ0n) is 17.3. The van der Waals surface area contributed by atoms with E-state index < -0.39 is 0 Å². The Labute approximate surface area is 168 Å². The van der Waals surface area contributed by atoms with E-state index in [9.17, 15) is 9.59 Å². The van der Waals surface area contributed by atoms with Crippen molar-refractivity contribution >= 4 is 17.5 Å². The minimum absolute atomic E-state index is 0.0664. The number of carbonyl (C=O) groups excluding carboxylic acids is 2. The molecule has 0 N–H and O–H groups in total. The second kappa shape index (κ2) is 8.17. The highest BCUT2D eigenvalue weighted by atomic mass is 16.2. The standard InChI is InChI=1S/C24H30N2O2/c1-18-16-24(2,3)14-15-26(17-18)23(28)20-10-12-21(13-11-20)25(4)22(27)19-8-6-5-7-9-19/h5-13,18H,14-17H2,1-4H3. The van der Waals surface area contributed by atoms with Crippen LogP contribution in [0, 0.1) is 11.3 Å². The van der Waals surface area contributed by atoms with Crippen LogP contribution in [0.2, 0.25) is 0 Å². The van der Waals surface area contributed by atoms with E-state index in [-0.39, 0.29) is 17.2 Å². The van der Waals surface area contributed by atoms with Gasteiger partial charge in [-0.25, -0.2) is 0 Å². The summed E-state index contributed by atoms with van der Waals surface area (Å²) in [6, 6.07) is 16.6.